The Morgan fingerprint density at radius 1 is 1.46 bits per heavy atom. The van der Waals surface area contributed by atoms with Crippen LogP contribution >= 0.6 is 27.3 Å². The maximum Gasteiger partial charge on any atom is 0.357 e. The van der Waals surface area contributed by atoms with Crippen LogP contribution in [0.25, 0.3) is 0 Å². The summed E-state index contributed by atoms with van der Waals surface area (Å²) in [6, 6.07) is 1.93. The van der Waals surface area contributed by atoms with E-state index in [2.05, 4.69) is 36.1 Å². The molecular weight excluding hydrogens is 420 g/mol. The third kappa shape index (κ3) is 4.27. The number of aromatic nitrogens is 2. The van der Waals surface area contributed by atoms with E-state index in [1.807, 2.05) is 6.92 Å². The molecule has 7 nitrogen and oxygen atoms in total. The molecule has 1 saturated heterocycles. The lowest BCUT2D eigenvalue weighted by Crippen LogP contribution is -2.44. The van der Waals surface area contributed by atoms with Crippen molar-refractivity contribution in [1.82, 2.24) is 15.3 Å². The number of H-pyrrole nitrogens is 1. The molecule has 1 amide bonds. The van der Waals surface area contributed by atoms with Crippen LogP contribution < -0.4 is 10.2 Å². The summed E-state index contributed by atoms with van der Waals surface area (Å²) in [6.07, 6.45) is 1.67. The van der Waals surface area contributed by atoms with Crippen molar-refractivity contribution in [1.29, 1.82) is 0 Å². The number of amides is 1. The minimum absolute atomic E-state index is 0.0869. The molecule has 9 heteroatoms. The van der Waals surface area contributed by atoms with Crippen LogP contribution in [0.1, 0.15) is 46.4 Å². The number of hydrogen-bond donors (Lipinski definition) is 2. The monoisotopic (exact) mass is 440 g/mol. The van der Waals surface area contributed by atoms with Crippen molar-refractivity contribution >= 4 is 44.3 Å². The lowest BCUT2D eigenvalue weighted by atomic mass is 10.1. The average Bonchev–Trinajstić information content (AvgIpc) is 3.24. The maximum absolute atomic E-state index is 12.3. The first kappa shape index (κ1) is 18.9. The largest absolute Gasteiger partial charge is 0.461 e. The number of nitrogens with one attached hydrogen (secondary N) is 2. The predicted octanol–water partition coefficient (Wildman–Crippen LogP) is 3.12. The molecule has 2 N–H and O–H groups in total. The van der Waals surface area contributed by atoms with Crippen molar-refractivity contribution in [3.05, 3.63) is 33.0 Å². The highest BCUT2D eigenvalue weighted by Gasteiger charge is 2.24. The van der Waals surface area contributed by atoms with E-state index in [0.29, 0.717) is 18.0 Å². The number of aromatic amines is 1. The number of carbonyl (C=O) groups is 2. The van der Waals surface area contributed by atoms with Gasteiger partial charge in [-0.2, -0.15) is 0 Å². The average molecular weight is 441 g/mol. The molecule has 0 spiro atoms. The molecule has 140 valence electrons. The fourth-order valence-corrected chi connectivity index (χ4v) is 4.02. The normalized spacial score (nSPS) is 15.1. The second-order valence-corrected chi connectivity index (χ2v) is 7.82. The number of halogens is 1. The van der Waals surface area contributed by atoms with Crippen molar-refractivity contribution in [3.8, 4) is 0 Å². The molecule has 3 heterocycles. The number of carbonyl (C=O) groups excluding carboxylic acids is 2. The molecule has 26 heavy (non-hydrogen) atoms. The topological polar surface area (TPSA) is 87.3 Å². The number of piperidine rings is 1. The molecule has 0 bridgehead atoms. The maximum atomic E-state index is 12.3. The van der Waals surface area contributed by atoms with Gasteiger partial charge >= 0.3 is 5.97 Å². The summed E-state index contributed by atoms with van der Waals surface area (Å²) in [4.78, 5) is 33.6. The zero-order valence-corrected chi connectivity index (χ0v) is 17.1. The van der Waals surface area contributed by atoms with E-state index >= 15 is 0 Å². The van der Waals surface area contributed by atoms with Crippen molar-refractivity contribution in [2.24, 2.45) is 0 Å². The summed E-state index contributed by atoms with van der Waals surface area (Å²) >= 11 is 4.85. The SMILES string of the molecule is CCOC(=O)c1csc(N2CCC(NC(=O)c3cc(Br)c(C)[nH]3)CC2)n1. The molecule has 0 atom stereocenters. The Kier molecular flexibility index (Phi) is 5.98. The molecule has 1 fully saturated rings. The summed E-state index contributed by atoms with van der Waals surface area (Å²) in [5.74, 6) is -0.472. The van der Waals surface area contributed by atoms with Gasteiger partial charge in [-0.15, -0.1) is 11.3 Å². The van der Waals surface area contributed by atoms with Crippen molar-refractivity contribution in [2.75, 3.05) is 24.6 Å². The highest BCUT2D eigenvalue weighted by molar-refractivity contribution is 9.10. The van der Waals surface area contributed by atoms with Crippen molar-refractivity contribution in [3.63, 3.8) is 0 Å². The van der Waals surface area contributed by atoms with Gasteiger partial charge < -0.3 is 19.9 Å². The van der Waals surface area contributed by atoms with Gasteiger partial charge in [0, 0.05) is 34.7 Å². The second-order valence-electron chi connectivity index (χ2n) is 6.13. The van der Waals surface area contributed by atoms with Gasteiger partial charge in [0.1, 0.15) is 5.69 Å². The van der Waals surface area contributed by atoms with Crippen LogP contribution in [-0.4, -0.2) is 47.6 Å². The Bertz CT molecular complexity index is 776. The van der Waals surface area contributed by atoms with E-state index in [4.69, 9.17) is 4.74 Å². The lowest BCUT2D eigenvalue weighted by Gasteiger charge is -2.32. The van der Waals surface area contributed by atoms with Gasteiger partial charge in [-0.25, -0.2) is 9.78 Å². The van der Waals surface area contributed by atoms with Gasteiger partial charge in [-0.05, 0) is 48.7 Å². The Morgan fingerprint density at radius 3 is 2.81 bits per heavy atom. The second kappa shape index (κ2) is 8.22. The molecule has 0 radical (unpaired) electrons. The van der Waals surface area contributed by atoms with Crippen LogP contribution in [-0.2, 0) is 4.74 Å². The standard InChI is InChI=1S/C17H21BrN4O3S/c1-3-25-16(24)14-9-26-17(21-14)22-6-4-11(5-7-22)20-15(23)13-8-12(18)10(2)19-13/h8-9,11,19H,3-7H2,1-2H3,(H,20,23). The number of anilines is 1. The predicted molar refractivity (Wildman–Crippen MR) is 104 cm³/mol. The van der Waals surface area contributed by atoms with Gasteiger partial charge in [0.2, 0.25) is 0 Å². The third-order valence-corrected chi connectivity index (χ3v) is 6.00. The minimum atomic E-state index is -0.385. The van der Waals surface area contributed by atoms with Gasteiger partial charge in [0.25, 0.3) is 5.91 Å². The number of aryl methyl sites for hydroxylation is 1. The molecule has 0 aliphatic carbocycles. The number of rotatable bonds is 5. The molecule has 2 aromatic heterocycles. The molecule has 1 aliphatic heterocycles. The van der Waals surface area contributed by atoms with E-state index in [1.54, 1.807) is 18.4 Å². The first-order valence-corrected chi connectivity index (χ1v) is 10.2. The van der Waals surface area contributed by atoms with Crippen LogP contribution in [0.15, 0.2) is 15.9 Å². The van der Waals surface area contributed by atoms with Crippen molar-refractivity contribution in [2.45, 2.75) is 32.7 Å². The Hall–Kier alpha value is -1.87. The first-order chi connectivity index (χ1) is 12.5. The quantitative estimate of drug-likeness (QED) is 0.697. The summed E-state index contributed by atoms with van der Waals surface area (Å²) in [6.45, 7) is 5.60. The highest BCUT2D eigenvalue weighted by atomic mass is 79.9. The Morgan fingerprint density at radius 2 is 2.19 bits per heavy atom. The molecule has 2 aromatic rings. The Balaban J connectivity index is 1.52. The van der Waals surface area contributed by atoms with Crippen LogP contribution in [0.5, 0.6) is 0 Å². The summed E-state index contributed by atoms with van der Waals surface area (Å²) in [5, 5.41) is 5.63. The Labute approximate surface area is 164 Å². The molecule has 0 saturated carbocycles. The zero-order valence-electron chi connectivity index (χ0n) is 14.7. The number of esters is 1. The number of nitrogens with zero attached hydrogens (tertiary/aromatic N) is 2. The number of ether oxygens (including phenoxy) is 1. The first-order valence-electron chi connectivity index (χ1n) is 8.51. The van der Waals surface area contributed by atoms with E-state index < -0.39 is 0 Å². The highest BCUT2D eigenvalue weighted by Crippen LogP contribution is 2.25. The van der Waals surface area contributed by atoms with Crippen LogP contribution in [0.4, 0.5) is 5.13 Å². The zero-order chi connectivity index (χ0) is 18.7. The smallest absolute Gasteiger partial charge is 0.357 e. The number of hydrogen-bond acceptors (Lipinski definition) is 6. The van der Waals surface area contributed by atoms with Crippen molar-refractivity contribution < 1.29 is 14.3 Å². The van der Waals surface area contributed by atoms with E-state index in [1.165, 1.54) is 11.3 Å². The lowest BCUT2D eigenvalue weighted by molar-refractivity contribution is 0.0520. The molecule has 0 unspecified atom stereocenters. The fourth-order valence-electron chi connectivity index (χ4n) is 2.84. The summed E-state index contributed by atoms with van der Waals surface area (Å²) < 4.78 is 5.88. The molecule has 3 rings (SSSR count). The summed E-state index contributed by atoms with van der Waals surface area (Å²) in [5.41, 5.74) is 1.86. The van der Waals surface area contributed by atoms with Crippen LogP contribution in [0.3, 0.4) is 0 Å². The van der Waals surface area contributed by atoms with Crippen LogP contribution in [0, 0.1) is 6.92 Å². The van der Waals surface area contributed by atoms with E-state index in [9.17, 15) is 9.59 Å². The molecular formula is C17H21BrN4O3S. The molecule has 0 aromatic carbocycles. The summed E-state index contributed by atoms with van der Waals surface area (Å²) in [7, 11) is 0. The van der Waals surface area contributed by atoms with Gasteiger partial charge in [-0.1, -0.05) is 0 Å². The molecule has 1 aliphatic rings. The van der Waals surface area contributed by atoms with Gasteiger partial charge in [0.05, 0.1) is 6.61 Å². The van der Waals surface area contributed by atoms with Gasteiger partial charge in [0.15, 0.2) is 10.8 Å². The number of thiazole rings is 1. The third-order valence-electron chi connectivity index (χ3n) is 4.27. The fraction of sp³-hybridized carbons (Fsp3) is 0.471. The van der Waals surface area contributed by atoms with E-state index in [0.717, 1.165) is 41.2 Å². The van der Waals surface area contributed by atoms with Crippen LogP contribution in [0.2, 0.25) is 0 Å². The van der Waals surface area contributed by atoms with E-state index in [-0.39, 0.29) is 17.9 Å². The van der Waals surface area contributed by atoms with Gasteiger partial charge in [-0.3, -0.25) is 4.79 Å². The minimum Gasteiger partial charge on any atom is -0.461 e.